The summed E-state index contributed by atoms with van der Waals surface area (Å²) < 4.78 is 23.7. The molecule has 5 heteroatoms. The molecule has 0 unspecified atom stereocenters. The lowest BCUT2D eigenvalue weighted by Crippen LogP contribution is -2.41. The predicted octanol–water partition coefficient (Wildman–Crippen LogP) is 3.57. The Morgan fingerprint density at radius 1 is 0.920 bits per heavy atom. The Morgan fingerprint density at radius 3 is 2.16 bits per heavy atom. The maximum absolute atomic E-state index is 6.15. The zero-order valence-electron chi connectivity index (χ0n) is 15.5. The predicted molar refractivity (Wildman–Crippen MR) is 99.5 cm³/mol. The molecule has 25 heavy (non-hydrogen) atoms. The van der Waals surface area contributed by atoms with E-state index in [0.29, 0.717) is 6.61 Å². The smallest absolute Gasteiger partial charge is 0.497 e. The number of hydrogen-bond acceptors (Lipinski definition) is 4. The van der Waals surface area contributed by atoms with Crippen molar-refractivity contribution in [3.05, 3.63) is 54.1 Å². The number of rotatable bonds is 5. The Kier molecular flexibility index (Phi) is 4.80. The Morgan fingerprint density at radius 2 is 1.56 bits per heavy atom. The highest BCUT2D eigenvalue weighted by Crippen LogP contribution is 2.37. The molecule has 132 valence electrons. The minimum Gasteiger partial charge on any atom is -0.497 e. The molecule has 0 atom stereocenters. The SMILES string of the molecule is COc1ccc(OCc2ccccc2)cc1B1OC(C)(C)C(C)(C)O1. The molecule has 1 aliphatic heterocycles. The standard InChI is InChI=1S/C20H25BO4/c1-19(2)20(3,4)25-21(24-19)17-13-16(11-12-18(17)22-5)23-14-15-9-7-6-8-10-15/h6-13H,14H2,1-5H3. The lowest BCUT2D eigenvalue weighted by atomic mass is 9.78. The molecule has 4 nitrogen and oxygen atoms in total. The van der Waals surface area contributed by atoms with E-state index in [-0.39, 0.29) is 0 Å². The number of benzene rings is 2. The zero-order chi connectivity index (χ0) is 18.1. The first kappa shape index (κ1) is 17.8. The van der Waals surface area contributed by atoms with Crippen molar-refractivity contribution in [2.45, 2.75) is 45.5 Å². The van der Waals surface area contributed by atoms with Gasteiger partial charge in [-0.2, -0.15) is 0 Å². The van der Waals surface area contributed by atoms with E-state index in [1.54, 1.807) is 7.11 Å². The van der Waals surface area contributed by atoms with Gasteiger partial charge in [-0.25, -0.2) is 0 Å². The lowest BCUT2D eigenvalue weighted by molar-refractivity contribution is 0.00578. The Bertz CT molecular complexity index is 712. The molecular weight excluding hydrogens is 315 g/mol. The van der Waals surface area contributed by atoms with Crippen LogP contribution in [0.1, 0.15) is 33.3 Å². The molecule has 0 amide bonds. The molecule has 1 fully saturated rings. The van der Waals surface area contributed by atoms with E-state index in [1.165, 1.54) is 0 Å². The second kappa shape index (κ2) is 6.73. The first-order valence-electron chi connectivity index (χ1n) is 8.53. The van der Waals surface area contributed by atoms with Gasteiger partial charge in [-0.15, -0.1) is 0 Å². The van der Waals surface area contributed by atoms with Crippen LogP contribution in [-0.4, -0.2) is 25.4 Å². The first-order chi connectivity index (χ1) is 11.8. The van der Waals surface area contributed by atoms with Crippen LogP contribution in [0, 0.1) is 0 Å². The van der Waals surface area contributed by atoms with E-state index in [9.17, 15) is 0 Å². The molecule has 0 bridgehead atoms. The Hall–Kier alpha value is -1.98. The van der Waals surface area contributed by atoms with Gasteiger partial charge in [0.25, 0.3) is 0 Å². The second-order valence-electron chi connectivity index (χ2n) is 7.27. The van der Waals surface area contributed by atoms with Crippen LogP contribution < -0.4 is 14.9 Å². The first-order valence-corrected chi connectivity index (χ1v) is 8.53. The molecule has 1 aliphatic rings. The molecule has 3 rings (SSSR count). The molecule has 0 N–H and O–H groups in total. The zero-order valence-corrected chi connectivity index (χ0v) is 15.5. The van der Waals surface area contributed by atoms with Gasteiger partial charge in [-0.05, 0) is 51.5 Å². The maximum atomic E-state index is 6.15. The van der Waals surface area contributed by atoms with Crippen LogP contribution in [0.5, 0.6) is 11.5 Å². The van der Waals surface area contributed by atoms with Gasteiger partial charge in [0.15, 0.2) is 0 Å². The van der Waals surface area contributed by atoms with Crippen LogP contribution in [-0.2, 0) is 15.9 Å². The third-order valence-corrected chi connectivity index (χ3v) is 4.96. The van der Waals surface area contributed by atoms with E-state index in [1.807, 2.05) is 76.2 Å². The van der Waals surface area contributed by atoms with Crippen molar-refractivity contribution in [2.24, 2.45) is 0 Å². The van der Waals surface area contributed by atoms with Crippen LogP contribution in [0.3, 0.4) is 0 Å². The summed E-state index contributed by atoms with van der Waals surface area (Å²) in [5, 5.41) is 0. The van der Waals surface area contributed by atoms with Crippen molar-refractivity contribution in [2.75, 3.05) is 7.11 Å². The van der Waals surface area contributed by atoms with E-state index >= 15 is 0 Å². The monoisotopic (exact) mass is 340 g/mol. The van der Waals surface area contributed by atoms with Gasteiger partial charge in [-0.3, -0.25) is 0 Å². The van der Waals surface area contributed by atoms with E-state index < -0.39 is 18.3 Å². The normalized spacial score (nSPS) is 18.2. The molecule has 0 saturated carbocycles. The summed E-state index contributed by atoms with van der Waals surface area (Å²) in [5.41, 5.74) is 1.16. The minimum absolute atomic E-state index is 0.399. The highest BCUT2D eigenvalue weighted by atomic mass is 16.7. The van der Waals surface area contributed by atoms with Crippen LogP contribution in [0.2, 0.25) is 0 Å². The highest BCUT2D eigenvalue weighted by Gasteiger charge is 2.52. The van der Waals surface area contributed by atoms with Gasteiger partial charge in [0.2, 0.25) is 0 Å². The molecule has 0 radical (unpaired) electrons. The lowest BCUT2D eigenvalue weighted by Gasteiger charge is -2.32. The molecule has 0 aromatic heterocycles. The summed E-state index contributed by atoms with van der Waals surface area (Å²) >= 11 is 0. The van der Waals surface area contributed by atoms with Crippen molar-refractivity contribution in [3.8, 4) is 11.5 Å². The van der Waals surface area contributed by atoms with Crippen LogP contribution in [0.4, 0.5) is 0 Å². The van der Waals surface area contributed by atoms with Crippen molar-refractivity contribution in [3.63, 3.8) is 0 Å². The fourth-order valence-corrected chi connectivity index (χ4v) is 2.70. The number of methoxy groups -OCH3 is 1. The van der Waals surface area contributed by atoms with Crippen molar-refractivity contribution in [1.82, 2.24) is 0 Å². The van der Waals surface area contributed by atoms with E-state index in [0.717, 1.165) is 22.5 Å². The highest BCUT2D eigenvalue weighted by molar-refractivity contribution is 6.63. The van der Waals surface area contributed by atoms with Gasteiger partial charge in [0.05, 0.1) is 18.3 Å². The third kappa shape index (κ3) is 3.67. The Labute approximate surface area is 150 Å². The summed E-state index contributed by atoms with van der Waals surface area (Å²) in [4.78, 5) is 0. The van der Waals surface area contributed by atoms with Gasteiger partial charge in [0, 0.05) is 5.46 Å². The van der Waals surface area contributed by atoms with Crippen LogP contribution in [0.15, 0.2) is 48.5 Å². The van der Waals surface area contributed by atoms with Crippen LogP contribution in [0.25, 0.3) is 0 Å². The maximum Gasteiger partial charge on any atom is 0.498 e. The van der Waals surface area contributed by atoms with Crippen molar-refractivity contribution >= 4 is 12.6 Å². The molecule has 2 aromatic rings. The fraction of sp³-hybridized carbons (Fsp3) is 0.400. The summed E-state index contributed by atoms with van der Waals surface area (Å²) in [6.07, 6.45) is 0. The topological polar surface area (TPSA) is 36.9 Å². The summed E-state index contributed by atoms with van der Waals surface area (Å²) in [6.45, 7) is 8.66. The quantitative estimate of drug-likeness (QED) is 0.780. The summed E-state index contributed by atoms with van der Waals surface area (Å²) in [5.74, 6) is 1.49. The van der Waals surface area contributed by atoms with Gasteiger partial charge in [-0.1, -0.05) is 30.3 Å². The fourth-order valence-electron chi connectivity index (χ4n) is 2.70. The molecular formula is C20H25BO4. The van der Waals surface area contributed by atoms with E-state index in [4.69, 9.17) is 18.8 Å². The number of hydrogen-bond donors (Lipinski definition) is 0. The molecule has 0 aliphatic carbocycles. The average molecular weight is 340 g/mol. The molecule has 0 spiro atoms. The van der Waals surface area contributed by atoms with Crippen molar-refractivity contribution in [1.29, 1.82) is 0 Å². The largest absolute Gasteiger partial charge is 0.498 e. The number of ether oxygens (including phenoxy) is 2. The van der Waals surface area contributed by atoms with Crippen LogP contribution >= 0.6 is 0 Å². The second-order valence-corrected chi connectivity index (χ2v) is 7.27. The van der Waals surface area contributed by atoms with E-state index in [2.05, 4.69) is 0 Å². The molecule has 2 aromatic carbocycles. The van der Waals surface area contributed by atoms with Gasteiger partial charge in [0.1, 0.15) is 18.1 Å². The van der Waals surface area contributed by atoms with Crippen molar-refractivity contribution < 1.29 is 18.8 Å². The average Bonchev–Trinajstić information content (AvgIpc) is 2.81. The summed E-state index contributed by atoms with van der Waals surface area (Å²) in [7, 11) is 1.16. The molecule has 1 heterocycles. The summed E-state index contributed by atoms with van der Waals surface area (Å²) in [6, 6.07) is 15.8. The minimum atomic E-state index is -0.486. The third-order valence-electron chi connectivity index (χ3n) is 4.96. The van der Waals surface area contributed by atoms with Gasteiger partial charge >= 0.3 is 7.12 Å². The molecule has 1 saturated heterocycles. The Balaban J connectivity index is 1.81. The van der Waals surface area contributed by atoms with Gasteiger partial charge < -0.3 is 18.8 Å².